The molecule has 11 heteroatoms. The molecule has 0 spiro atoms. The van der Waals surface area contributed by atoms with E-state index in [9.17, 15) is 20.2 Å². The zero-order valence-electron chi connectivity index (χ0n) is 18.7. The van der Waals surface area contributed by atoms with Crippen molar-refractivity contribution in [3.05, 3.63) is 67.8 Å². The number of hydrogen-bond donors (Lipinski definition) is 0. The molecular formula is C22H28N2O9. The number of nitro groups is 2. The third-order valence-electron chi connectivity index (χ3n) is 4.60. The van der Waals surface area contributed by atoms with E-state index in [4.69, 9.17) is 23.7 Å². The predicted octanol–water partition coefficient (Wildman–Crippen LogP) is 3.36. The summed E-state index contributed by atoms with van der Waals surface area (Å²) in [5.74, 6) is 0.315. The molecule has 0 aliphatic heterocycles. The van der Waals surface area contributed by atoms with Gasteiger partial charge in [-0.3, -0.25) is 20.2 Å². The molecule has 0 saturated carbocycles. The molecule has 2 aromatic carbocycles. The summed E-state index contributed by atoms with van der Waals surface area (Å²) in [7, 11) is 3.14. The first-order chi connectivity index (χ1) is 16.0. The second-order valence-electron chi connectivity index (χ2n) is 6.91. The van der Waals surface area contributed by atoms with Crippen molar-refractivity contribution >= 4 is 11.4 Å². The molecule has 11 nitrogen and oxygen atoms in total. The molecule has 0 aliphatic rings. The highest BCUT2D eigenvalue weighted by atomic mass is 16.6. The van der Waals surface area contributed by atoms with Gasteiger partial charge in [-0.1, -0.05) is 12.1 Å². The second-order valence-corrected chi connectivity index (χ2v) is 6.91. The van der Waals surface area contributed by atoms with Crippen molar-refractivity contribution in [1.82, 2.24) is 0 Å². The number of methoxy groups -OCH3 is 2. The van der Waals surface area contributed by atoms with Crippen LogP contribution in [0.2, 0.25) is 0 Å². The lowest BCUT2D eigenvalue weighted by Crippen LogP contribution is -2.13. The van der Waals surface area contributed by atoms with Crippen molar-refractivity contribution < 1.29 is 33.5 Å². The SMILES string of the molecule is COCCc1ccc(OCCOCCOc2ccc(CCOC)cc2[N+](=O)[O-])c([N+](=O)[O-])c1. The highest BCUT2D eigenvalue weighted by Crippen LogP contribution is 2.29. The summed E-state index contributed by atoms with van der Waals surface area (Å²) >= 11 is 0. The van der Waals surface area contributed by atoms with Crippen LogP contribution in [0.25, 0.3) is 0 Å². The van der Waals surface area contributed by atoms with Gasteiger partial charge in [-0.05, 0) is 36.1 Å². The van der Waals surface area contributed by atoms with Crippen LogP contribution in [0.15, 0.2) is 36.4 Å². The molecule has 0 N–H and O–H groups in total. The normalized spacial score (nSPS) is 10.7. The van der Waals surface area contributed by atoms with E-state index in [-0.39, 0.29) is 49.3 Å². The fourth-order valence-corrected chi connectivity index (χ4v) is 2.93. The maximum atomic E-state index is 11.3. The van der Waals surface area contributed by atoms with Crippen molar-refractivity contribution in [3.8, 4) is 11.5 Å². The van der Waals surface area contributed by atoms with Crippen LogP contribution >= 0.6 is 0 Å². The van der Waals surface area contributed by atoms with Gasteiger partial charge >= 0.3 is 11.4 Å². The van der Waals surface area contributed by atoms with Crippen LogP contribution < -0.4 is 9.47 Å². The molecule has 33 heavy (non-hydrogen) atoms. The van der Waals surface area contributed by atoms with E-state index in [1.807, 2.05) is 0 Å². The largest absolute Gasteiger partial charge is 0.484 e. The molecule has 0 amide bonds. The summed E-state index contributed by atoms with van der Waals surface area (Å²) in [5, 5.41) is 22.6. The van der Waals surface area contributed by atoms with E-state index >= 15 is 0 Å². The van der Waals surface area contributed by atoms with Crippen molar-refractivity contribution in [3.63, 3.8) is 0 Å². The summed E-state index contributed by atoms with van der Waals surface area (Å²) in [6.45, 7) is 1.48. The highest BCUT2D eigenvalue weighted by molar-refractivity contribution is 5.49. The third kappa shape index (κ3) is 8.64. The lowest BCUT2D eigenvalue weighted by molar-refractivity contribution is -0.386. The van der Waals surface area contributed by atoms with E-state index in [2.05, 4.69) is 0 Å². The lowest BCUT2D eigenvalue weighted by Gasteiger charge is -2.10. The summed E-state index contributed by atoms with van der Waals surface area (Å²) in [5.41, 5.74) is 1.33. The minimum absolute atomic E-state index is 0.104. The van der Waals surface area contributed by atoms with Crippen LogP contribution in [0.4, 0.5) is 11.4 Å². The van der Waals surface area contributed by atoms with Gasteiger partial charge in [0.05, 0.1) is 36.3 Å². The summed E-state index contributed by atoms with van der Waals surface area (Å²) in [4.78, 5) is 21.6. The molecule has 0 fully saturated rings. The number of ether oxygens (including phenoxy) is 5. The zero-order chi connectivity index (χ0) is 24.1. The smallest absolute Gasteiger partial charge is 0.311 e. The molecule has 0 heterocycles. The molecule has 2 aromatic rings. The number of benzene rings is 2. The van der Waals surface area contributed by atoms with E-state index in [0.29, 0.717) is 26.1 Å². The molecule has 2 rings (SSSR count). The van der Waals surface area contributed by atoms with E-state index in [1.54, 1.807) is 38.5 Å². The molecule has 0 aliphatic carbocycles. The summed E-state index contributed by atoms with van der Waals surface area (Å²) in [6, 6.07) is 9.56. The average Bonchev–Trinajstić information content (AvgIpc) is 2.81. The molecule has 0 aromatic heterocycles. The Morgan fingerprint density at radius 2 is 1.09 bits per heavy atom. The zero-order valence-corrected chi connectivity index (χ0v) is 18.7. The number of nitrogens with zero attached hydrogens (tertiary/aromatic N) is 2. The van der Waals surface area contributed by atoms with Gasteiger partial charge in [-0.2, -0.15) is 0 Å². The average molecular weight is 464 g/mol. The van der Waals surface area contributed by atoms with Crippen LogP contribution in [0.1, 0.15) is 11.1 Å². The molecule has 0 unspecified atom stereocenters. The van der Waals surface area contributed by atoms with Crippen molar-refractivity contribution in [1.29, 1.82) is 0 Å². The predicted molar refractivity (Wildman–Crippen MR) is 119 cm³/mol. The van der Waals surface area contributed by atoms with Crippen LogP contribution in [0, 0.1) is 20.2 Å². The fourth-order valence-electron chi connectivity index (χ4n) is 2.93. The molecule has 0 atom stereocenters. The number of rotatable bonds is 16. The van der Waals surface area contributed by atoms with Crippen LogP contribution in [-0.4, -0.2) is 63.7 Å². The Morgan fingerprint density at radius 3 is 1.45 bits per heavy atom. The Balaban J connectivity index is 1.77. The van der Waals surface area contributed by atoms with Crippen LogP contribution in [0.3, 0.4) is 0 Å². The molecule has 0 bridgehead atoms. The monoisotopic (exact) mass is 464 g/mol. The maximum Gasteiger partial charge on any atom is 0.311 e. The molecule has 0 radical (unpaired) electrons. The van der Waals surface area contributed by atoms with E-state index < -0.39 is 9.85 Å². The van der Waals surface area contributed by atoms with Gasteiger partial charge in [0.15, 0.2) is 11.5 Å². The van der Waals surface area contributed by atoms with Crippen LogP contribution in [0.5, 0.6) is 11.5 Å². The first-order valence-electron chi connectivity index (χ1n) is 10.3. The molecular weight excluding hydrogens is 436 g/mol. The van der Waals surface area contributed by atoms with Gasteiger partial charge in [0, 0.05) is 26.4 Å². The quantitative estimate of drug-likeness (QED) is 0.208. The van der Waals surface area contributed by atoms with Gasteiger partial charge in [0.1, 0.15) is 13.2 Å². The van der Waals surface area contributed by atoms with Crippen molar-refractivity contribution in [2.45, 2.75) is 12.8 Å². The molecule has 180 valence electrons. The first kappa shape index (κ1) is 26.0. The maximum absolute atomic E-state index is 11.3. The van der Waals surface area contributed by atoms with Gasteiger partial charge in [-0.15, -0.1) is 0 Å². The molecule has 0 saturated heterocycles. The van der Waals surface area contributed by atoms with E-state index in [1.165, 1.54) is 12.1 Å². The first-order valence-corrected chi connectivity index (χ1v) is 10.3. The van der Waals surface area contributed by atoms with Crippen molar-refractivity contribution in [2.24, 2.45) is 0 Å². The number of hydrogen-bond acceptors (Lipinski definition) is 9. The van der Waals surface area contributed by atoms with Gasteiger partial charge in [0.2, 0.25) is 0 Å². The lowest BCUT2D eigenvalue weighted by atomic mass is 10.1. The minimum atomic E-state index is -0.492. The minimum Gasteiger partial charge on any atom is -0.484 e. The Hall–Kier alpha value is -3.28. The van der Waals surface area contributed by atoms with Gasteiger partial charge in [-0.25, -0.2) is 0 Å². The van der Waals surface area contributed by atoms with Crippen LogP contribution in [-0.2, 0) is 27.1 Å². The van der Waals surface area contributed by atoms with Gasteiger partial charge in [0.25, 0.3) is 0 Å². The number of nitro benzene ring substituents is 2. The van der Waals surface area contributed by atoms with Gasteiger partial charge < -0.3 is 23.7 Å². The summed E-state index contributed by atoms with van der Waals surface area (Å²) < 4.78 is 26.3. The Bertz CT molecular complexity index is 847. The fraction of sp³-hybridized carbons (Fsp3) is 0.455. The Kier molecular flexibility index (Phi) is 11.0. The topological polar surface area (TPSA) is 132 Å². The summed E-state index contributed by atoms with van der Waals surface area (Å²) in [6.07, 6.45) is 1.13. The highest BCUT2D eigenvalue weighted by Gasteiger charge is 2.17. The Labute approximate surface area is 191 Å². The van der Waals surface area contributed by atoms with E-state index in [0.717, 1.165) is 11.1 Å². The van der Waals surface area contributed by atoms with Crippen molar-refractivity contribution in [2.75, 3.05) is 53.9 Å². The Morgan fingerprint density at radius 1 is 0.667 bits per heavy atom. The standard InChI is InChI=1S/C22H28N2O9/c1-29-9-7-17-3-5-21(19(15-17)23(25)26)32-13-11-31-12-14-33-22-6-4-18(8-10-30-2)16-20(22)24(27)28/h3-6,15-16H,7-14H2,1-2H3. The second kappa shape index (κ2) is 14.0. The third-order valence-corrected chi connectivity index (χ3v) is 4.60.